The summed E-state index contributed by atoms with van der Waals surface area (Å²) in [7, 11) is 0. The normalized spacial score (nSPS) is 11.4. The van der Waals surface area contributed by atoms with Gasteiger partial charge in [-0.2, -0.15) is 0 Å². The molecule has 2 N–H and O–H groups in total. The van der Waals surface area contributed by atoms with Crippen LogP contribution in [0.1, 0.15) is 36.5 Å². The van der Waals surface area contributed by atoms with Gasteiger partial charge in [0.1, 0.15) is 18.1 Å². The van der Waals surface area contributed by atoms with Gasteiger partial charge < -0.3 is 15.1 Å². The van der Waals surface area contributed by atoms with Crippen molar-refractivity contribution in [3.8, 4) is 0 Å². The number of halogens is 1. The molecular formula is C18H26IN7O. The maximum absolute atomic E-state index is 5.57. The monoisotopic (exact) mass is 483 g/mol. The average Bonchev–Trinajstić information content (AvgIpc) is 3.20. The third-order valence-corrected chi connectivity index (χ3v) is 4.04. The van der Waals surface area contributed by atoms with E-state index in [0.29, 0.717) is 12.4 Å². The van der Waals surface area contributed by atoms with Crippen molar-refractivity contribution < 1.29 is 4.42 Å². The van der Waals surface area contributed by atoms with Crippen LogP contribution in [-0.4, -0.2) is 38.6 Å². The zero-order valence-electron chi connectivity index (χ0n) is 15.9. The molecule has 0 aliphatic rings. The van der Waals surface area contributed by atoms with E-state index in [1.54, 1.807) is 0 Å². The molecule has 0 aliphatic carbocycles. The molecule has 0 saturated carbocycles. The summed E-state index contributed by atoms with van der Waals surface area (Å²) < 4.78 is 7.59. The summed E-state index contributed by atoms with van der Waals surface area (Å²) in [6.45, 7) is 7.89. The Balaban J connectivity index is 0.00000261. The number of nitrogens with zero attached hydrogens (tertiary/aromatic N) is 5. The number of aryl methyl sites for hydroxylation is 3. The van der Waals surface area contributed by atoms with E-state index in [0.717, 1.165) is 54.8 Å². The lowest BCUT2D eigenvalue weighted by molar-refractivity contribution is 0.472. The Labute approximate surface area is 175 Å². The van der Waals surface area contributed by atoms with Crippen molar-refractivity contribution in [3.63, 3.8) is 0 Å². The topological polar surface area (TPSA) is 92.6 Å². The Hall–Kier alpha value is -2.17. The molecule has 8 nitrogen and oxygen atoms in total. The lowest BCUT2D eigenvalue weighted by atomic mass is 10.3. The highest BCUT2D eigenvalue weighted by molar-refractivity contribution is 14.0. The standard InChI is InChI=1S/C18H25N7O.HI/c1-4-19-18(21-12-17-22-13(2)14(3)26-17)20-10-7-9-16-24-23-15-8-5-6-11-25(15)16;/h5-6,8,11H,4,7,9-10,12H2,1-3H3,(H2,19,20,21);1H. The molecule has 0 unspecified atom stereocenters. The van der Waals surface area contributed by atoms with Crippen LogP contribution in [0.15, 0.2) is 33.8 Å². The summed E-state index contributed by atoms with van der Waals surface area (Å²) in [5.74, 6) is 3.20. The van der Waals surface area contributed by atoms with E-state index in [9.17, 15) is 0 Å². The van der Waals surface area contributed by atoms with Gasteiger partial charge in [-0.05, 0) is 39.3 Å². The second-order valence-electron chi connectivity index (χ2n) is 6.02. The third-order valence-electron chi connectivity index (χ3n) is 4.04. The van der Waals surface area contributed by atoms with Gasteiger partial charge in [0.2, 0.25) is 5.89 Å². The number of hydrogen-bond donors (Lipinski definition) is 2. The van der Waals surface area contributed by atoms with Gasteiger partial charge in [0.05, 0.1) is 5.69 Å². The number of oxazole rings is 1. The van der Waals surface area contributed by atoms with E-state index in [4.69, 9.17) is 4.42 Å². The van der Waals surface area contributed by atoms with Crippen molar-refractivity contribution in [1.82, 2.24) is 30.2 Å². The van der Waals surface area contributed by atoms with Gasteiger partial charge in [0.15, 0.2) is 11.6 Å². The molecule has 0 amide bonds. The Kier molecular flexibility index (Phi) is 8.01. The summed E-state index contributed by atoms with van der Waals surface area (Å²) in [6.07, 6.45) is 3.76. The van der Waals surface area contributed by atoms with Crippen molar-refractivity contribution in [2.45, 2.75) is 40.2 Å². The maximum atomic E-state index is 5.57. The fraction of sp³-hybridized carbons (Fsp3) is 0.444. The molecule has 0 aliphatic heterocycles. The van der Waals surface area contributed by atoms with Crippen LogP contribution in [0.4, 0.5) is 0 Å². The van der Waals surface area contributed by atoms with Crippen LogP contribution in [-0.2, 0) is 13.0 Å². The summed E-state index contributed by atoms with van der Waals surface area (Å²) >= 11 is 0. The zero-order chi connectivity index (χ0) is 18.4. The number of rotatable bonds is 7. The largest absolute Gasteiger partial charge is 0.444 e. The second kappa shape index (κ2) is 10.2. The van der Waals surface area contributed by atoms with E-state index in [1.807, 2.05) is 49.6 Å². The quantitative estimate of drug-likeness (QED) is 0.232. The SMILES string of the molecule is CCNC(=NCc1nc(C)c(C)o1)NCCCc1nnc2ccccn12.I. The minimum absolute atomic E-state index is 0. The van der Waals surface area contributed by atoms with Crippen LogP contribution < -0.4 is 10.6 Å². The van der Waals surface area contributed by atoms with E-state index in [-0.39, 0.29) is 24.0 Å². The summed E-state index contributed by atoms with van der Waals surface area (Å²) in [5, 5.41) is 15.0. The highest BCUT2D eigenvalue weighted by Gasteiger charge is 2.06. The Morgan fingerprint density at radius 3 is 2.81 bits per heavy atom. The first kappa shape index (κ1) is 21.1. The van der Waals surface area contributed by atoms with Gasteiger partial charge in [-0.1, -0.05) is 6.07 Å². The minimum Gasteiger partial charge on any atom is -0.444 e. The summed E-state index contributed by atoms with van der Waals surface area (Å²) in [5.41, 5.74) is 1.79. The van der Waals surface area contributed by atoms with Crippen molar-refractivity contribution >= 4 is 35.6 Å². The number of nitrogens with one attached hydrogen (secondary N) is 2. The van der Waals surface area contributed by atoms with E-state index >= 15 is 0 Å². The number of aromatic nitrogens is 4. The fourth-order valence-corrected chi connectivity index (χ4v) is 2.61. The molecule has 0 saturated heterocycles. The molecule has 9 heteroatoms. The zero-order valence-corrected chi connectivity index (χ0v) is 18.2. The third kappa shape index (κ3) is 5.65. The van der Waals surface area contributed by atoms with Gasteiger partial charge in [-0.15, -0.1) is 34.2 Å². The van der Waals surface area contributed by atoms with Gasteiger partial charge in [-0.25, -0.2) is 9.98 Å². The van der Waals surface area contributed by atoms with Gasteiger partial charge in [0.25, 0.3) is 0 Å². The van der Waals surface area contributed by atoms with Crippen LogP contribution in [0.2, 0.25) is 0 Å². The summed E-state index contributed by atoms with van der Waals surface area (Å²) in [6, 6.07) is 5.91. The molecule has 3 aromatic heterocycles. The van der Waals surface area contributed by atoms with Crippen LogP contribution in [0.25, 0.3) is 5.65 Å². The predicted octanol–water partition coefficient (Wildman–Crippen LogP) is 2.64. The number of hydrogen-bond acceptors (Lipinski definition) is 5. The van der Waals surface area contributed by atoms with Crippen molar-refractivity contribution in [2.24, 2.45) is 4.99 Å². The smallest absolute Gasteiger partial charge is 0.216 e. The van der Waals surface area contributed by atoms with Crippen molar-refractivity contribution in [3.05, 3.63) is 47.6 Å². The maximum Gasteiger partial charge on any atom is 0.216 e. The molecule has 0 radical (unpaired) electrons. The van der Waals surface area contributed by atoms with Crippen LogP contribution in [0.5, 0.6) is 0 Å². The molecule has 0 atom stereocenters. The Morgan fingerprint density at radius 2 is 2.07 bits per heavy atom. The molecule has 0 bridgehead atoms. The Morgan fingerprint density at radius 1 is 1.22 bits per heavy atom. The molecule has 0 spiro atoms. The van der Waals surface area contributed by atoms with Gasteiger partial charge in [-0.3, -0.25) is 4.40 Å². The average molecular weight is 483 g/mol. The first-order valence-corrected chi connectivity index (χ1v) is 8.91. The highest BCUT2D eigenvalue weighted by atomic mass is 127. The van der Waals surface area contributed by atoms with Gasteiger partial charge in [0, 0.05) is 25.7 Å². The van der Waals surface area contributed by atoms with Crippen LogP contribution in [0.3, 0.4) is 0 Å². The molecule has 3 rings (SSSR count). The number of fused-ring (bicyclic) bond motifs is 1. The van der Waals surface area contributed by atoms with E-state index < -0.39 is 0 Å². The molecular weight excluding hydrogens is 457 g/mol. The van der Waals surface area contributed by atoms with Crippen molar-refractivity contribution in [2.75, 3.05) is 13.1 Å². The number of pyridine rings is 1. The minimum atomic E-state index is 0. The summed E-state index contributed by atoms with van der Waals surface area (Å²) in [4.78, 5) is 8.88. The molecule has 27 heavy (non-hydrogen) atoms. The molecule has 0 aromatic carbocycles. The van der Waals surface area contributed by atoms with E-state index in [1.165, 1.54) is 0 Å². The van der Waals surface area contributed by atoms with Gasteiger partial charge >= 0.3 is 0 Å². The first-order valence-electron chi connectivity index (χ1n) is 8.91. The highest BCUT2D eigenvalue weighted by Crippen LogP contribution is 2.09. The lowest BCUT2D eigenvalue weighted by Crippen LogP contribution is -2.37. The van der Waals surface area contributed by atoms with E-state index in [2.05, 4.69) is 30.8 Å². The number of guanidine groups is 1. The van der Waals surface area contributed by atoms with Crippen LogP contribution >= 0.6 is 24.0 Å². The first-order chi connectivity index (χ1) is 12.7. The fourth-order valence-electron chi connectivity index (χ4n) is 2.61. The second-order valence-corrected chi connectivity index (χ2v) is 6.02. The lowest BCUT2D eigenvalue weighted by Gasteiger charge is -2.10. The molecule has 0 fully saturated rings. The molecule has 146 valence electrons. The predicted molar refractivity (Wildman–Crippen MR) is 116 cm³/mol. The van der Waals surface area contributed by atoms with Crippen LogP contribution in [0, 0.1) is 13.8 Å². The molecule has 3 aromatic rings. The molecule has 3 heterocycles. The Bertz CT molecular complexity index is 867. The number of aliphatic imine (C=N–C) groups is 1. The van der Waals surface area contributed by atoms with Crippen molar-refractivity contribution in [1.29, 1.82) is 0 Å².